The van der Waals surface area contributed by atoms with Crippen LogP contribution in [0.3, 0.4) is 0 Å². The van der Waals surface area contributed by atoms with Crippen LogP contribution in [0.25, 0.3) is 50.0 Å². The summed E-state index contributed by atoms with van der Waals surface area (Å²) in [5, 5.41) is 4.59. The summed E-state index contributed by atoms with van der Waals surface area (Å²) in [6.07, 6.45) is 2.12. The standard InChI is InChI=1S/C41H30N2O/c1-3-11-29(12-4-1)30-19-23-33(24-20-30)43(38-27-42-28-40-41(38)37-17-9-10-18-39(37)44-40)34-25-21-32(22-26-34)36-16-8-7-15-35(36)31-13-5-2-6-14-31/h1-27,42H,28H2. The third-order valence-corrected chi connectivity index (χ3v) is 8.35. The highest BCUT2D eigenvalue weighted by molar-refractivity contribution is 6.00. The fourth-order valence-electron chi connectivity index (χ4n) is 6.25. The third kappa shape index (κ3) is 4.65. The number of hydrogen-bond acceptors (Lipinski definition) is 3. The maximum atomic E-state index is 6.32. The van der Waals surface area contributed by atoms with Gasteiger partial charge in [0, 0.05) is 23.0 Å². The third-order valence-electron chi connectivity index (χ3n) is 8.35. The number of hydrogen-bond donors (Lipinski definition) is 1. The van der Waals surface area contributed by atoms with Crippen LogP contribution in [0.1, 0.15) is 11.3 Å². The molecule has 0 atom stereocenters. The van der Waals surface area contributed by atoms with Gasteiger partial charge in [-0.3, -0.25) is 0 Å². The van der Waals surface area contributed by atoms with Crippen molar-refractivity contribution in [3.63, 3.8) is 0 Å². The van der Waals surface area contributed by atoms with Crippen LogP contribution in [0.5, 0.6) is 0 Å². The van der Waals surface area contributed by atoms with Gasteiger partial charge >= 0.3 is 0 Å². The average Bonchev–Trinajstić information content (AvgIpc) is 3.49. The lowest BCUT2D eigenvalue weighted by Gasteiger charge is -2.30. The first-order valence-electron chi connectivity index (χ1n) is 15.0. The smallest absolute Gasteiger partial charge is 0.135 e. The molecule has 8 rings (SSSR count). The number of fused-ring (bicyclic) bond motifs is 3. The van der Waals surface area contributed by atoms with Gasteiger partial charge in [-0.2, -0.15) is 0 Å². The van der Waals surface area contributed by atoms with E-state index in [0.29, 0.717) is 6.54 Å². The molecule has 1 N–H and O–H groups in total. The van der Waals surface area contributed by atoms with Crippen molar-refractivity contribution in [2.45, 2.75) is 6.54 Å². The van der Waals surface area contributed by atoms with Gasteiger partial charge in [0.1, 0.15) is 11.3 Å². The van der Waals surface area contributed by atoms with E-state index in [2.05, 4.69) is 162 Å². The first kappa shape index (κ1) is 25.9. The second-order valence-electron chi connectivity index (χ2n) is 11.0. The fraction of sp³-hybridized carbons (Fsp3) is 0.0244. The predicted octanol–water partition coefficient (Wildman–Crippen LogP) is 10.7. The zero-order chi connectivity index (χ0) is 29.3. The highest BCUT2D eigenvalue weighted by Gasteiger charge is 2.27. The van der Waals surface area contributed by atoms with Crippen molar-refractivity contribution in [1.29, 1.82) is 0 Å². The van der Waals surface area contributed by atoms with Crippen molar-refractivity contribution in [3.8, 4) is 33.4 Å². The summed E-state index contributed by atoms with van der Waals surface area (Å²) < 4.78 is 6.32. The molecule has 3 heteroatoms. The largest absolute Gasteiger partial charge is 0.458 e. The van der Waals surface area contributed by atoms with Crippen LogP contribution in [-0.4, -0.2) is 0 Å². The second kappa shape index (κ2) is 11.1. The Kier molecular flexibility index (Phi) is 6.54. The minimum absolute atomic E-state index is 0.656. The zero-order valence-electron chi connectivity index (χ0n) is 24.2. The van der Waals surface area contributed by atoms with Gasteiger partial charge in [-0.05, 0) is 63.7 Å². The van der Waals surface area contributed by atoms with Gasteiger partial charge in [0.15, 0.2) is 0 Å². The SMILES string of the molecule is C1=C(N(c2ccc(-c3ccccc3)cc2)c2ccc(-c3ccccc3-c3ccccc3)cc2)c2c(oc3ccccc23)CN1. The van der Waals surface area contributed by atoms with E-state index in [1.165, 1.54) is 33.4 Å². The van der Waals surface area contributed by atoms with Gasteiger partial charge in [-0.15, -0.1) is 0 Å². The number of benzene rings is 6. The number of para-hydroxylation sites is 1. The summed E-state index contributed by atoms with van der Waals surface area (Å²) in [5.41, 5.74) is 12.5. The van der Waals surface area contributed by atoms with E-state index in [-0.39, 0.29) is 0 Å². The molecule has 0 spiro atoms. The maximum Gasteiger partial charge on any atom is 0.135 e. The summed E-state index contributed by atoms with van der Waals surface area (Å²) >= 11 is 0. The molecule has 0 radical (unpaired) electrons. The Morgan fingerprint density at radius 3 is 1.64 bits per heavy atom. The van der Waals surface area contributed by atoms with Gasteiger partial charge in [0.2, 0.25) is 0 Å². The Hall–Kier alpha value is -5.80. The van der Waals surface area contributed by atoms with Crippen molar-refractivity contribution in [2.75, 3.05) is 4.90 Å². The Labute approximate surface area is 257 Å². The summed E-state index contributed by atoms with van der Waals surface area (Å²) in [7, 11) is 0. The lowest BCUT2D eigenvalue weighted by Crippen LogP contribution is -2.22. The molecule has 0 bridgehead atoms. The molecular weight excluding hydrogens is 536 g/mol. The minimum Gasteiger partial charge on any atom is -0.458 e. The van der Waals surface area contributed by atoms with Gasteiger partial charge < -0.3 is 14.6 Å². The number of nitrogens with one attached hydrogen (secondary N) is 1. The minimum atomic E-state index is 0.656. The molecule has 1 aliphatic rings. The van der Waals surface area contributed by atoms with Crippen LogP contribution in [-0.2, 0) is 6.54 Å². The second-order valence-corrected chi connectivity index (χ2v) is 11.0. The van der Waals surface area contributed by atoms with Crippen molar-refractivity contribution in [3.05, 3.63) is 175 Å². The first-order valence-corrected chi connectivity index (χ1v) is 15.0. The molecule has 0 amide bonds. The van der Waals surface area contributed by atoms with Gasteiger partial charge in [0.25, 0.3) is 0 Å². The predicted molar refractivity (Wildman–Crippen MR) is 182 cm³/mol. The van der Waals surface area contributed by atoms with E-state index >= 15 is 0 Å². The summed E-state index contributed by atoms with van der Waals surface area (Å²) in [6.45, 7) is 0.656. The molecule has 0 saturated carbocycles. The number of rotatable bonds is 6. The van der Waals surface area contributed by atoms with E-state index in [9.17, 15) is 0 Å². The summed E-state index contributed by atoms with van der Waals surface area (Å²) in [4.78, 5) is 2.33. The van der Waals surface area contributed by atoms with Crippen molar-refractivity contribution in [1.82, 2.24) is 5.32 Å². The Bertz CT molecular complexity index is 2090. The summed E-state index contributed by atoms with van der Waals surface area (Å²) in [6, 6.07) is 55.7. The quantitative estimate of drug-likeness (QED) is 0.217. The lowest BCUT2D eigenvalue weighted by atomic mass is 9.94. The van der Waals surface area contributed by atoms with Crippen LogP contribution < -0.4 is 10.2 Å². The molecule has 1 aromatic heterocycles. The van der Waals surface area contributed by atoms with Gasteiger partial charge in [0.05, 0.1) is 17.8 Å². The van der Waals surface area contributed by atoms with Crippen LogP contribution in [0.4, 0.5) is 11.4 Å². The summed E-state index contributed by atoms with van der Waals surface area (Å²) in [5.74, 6) is 0.947. The van der Waals surface area contributed by atoms with Crippen molar-refractivity contribution in [2.24, 2.45) is 0 Å². The van der Waals surface area contributed by atoms with Crippen LogP contribution in [0, 0.1) is 0 Å². The van der Waals surface area contributed by atoms with E-state index in [1.54, 1.807) is 0 Å². The molecule has 0 unspecified atom stereocenters. The number of nitrogens with zero attached hydrogens (tertiary/aromatic N) is 1. The zero-order valence-corrected chi connectivity index (χ0v) is 24.2. The molecule has 1 aliphatic heterocycles. The average molecular weight is 567 g/mol. The Balaban J connectivity index is 1.24. The van der Waals surface area contributed by atoms with E-state index in [0.717, 1.165) is 39.4 Å². The van der Waals surface area contributed by atoms with Crippen LogP contribution in [0.15, 0.2) is 168 Å². The van der Waals surface area contributed by atoms with Gasteiger partial charge in [-0.25, -0.2) is 0 Å². The van der Waals surface area contributed by atoms with Gasteiger partial charge in [-0.1, -0.05) is 127 Å². The highest BCUT2D eigenvalue weighted by atomic mass is 16.3. The molecule has 3 nitrogen and oxygen atoms in total. The molecule has 7 aromatic rings. The molecule has 44 heavy (non-hydrogen) atoms. The molecule has 0 fully saturated rings. The van der Waals surface area contributed by atoms with Crippen molar-refractivity contribution >= 4 is 28.0 Å². The highest BCUT2D eigenvalue weighted by Crippen LogP contribution is 2.42. The van der Waals surface area contributed by atoms with Crippen LogP contribution >= 0.6 is 0 Å². The first-order chi connectivity index (χ1) is 21.8. The number of furan rings is 1. The van der Waals surface area contributed by atoms with E-state index in [1.807, 2.05) is 12.1 Å². The molecule has 210 valence electrons. The lowest BCUT2D eigenvalue weighted by molar-refractivity contribution is 0.531. The topological polar surface area (TPSA) is 28.4 Å². The Morgan fingerprint density at radius 2 is 0.977 bits per heavy atom. The monoisotopic (exact) mass is 566 g/mol. The molecule has 0 aliphatic carbocycles. The Morgan fingerprint density at radius 1 is 0.477 bits per heavy atom. The maximum absolute atomic E-state index is 6.32. The number of anilines is 2. The fourth-order valence-corrected chi connectivity index (χ4v) is 6.25. The molecule has 6 aromatic carbocycles. The molecule has 2 heterocycles. The molecular formula is C41H30N2O. The van der Waals surface area contributed by atoms with Crippen molar-refractivity contribution < 1.29 is 4.42 Å². The van der Waals surface area contributed by atoms with Crippen LogP contribution in [0.2, 0.25) is 0 Å². The normalized spacial score (nSPS) is 12.3. The van der Waals surface area contributed by atoms with E-state index < -0.39 is 0 Å². The molecule has 0 saturated heterocycles. The van der Waals surface area contributed by atoms with E-state index in [4.69, 9.17) is 4.42 Å².